The van der Waals surface area contributed by atoms with Gasteiger partial charge in [0, 0.05) is 15.9 Å². The van der Waals surface area contributed by atoms with E-state index >= 15 is 0 Å². The van der Waals surface area contributed by atoms with Crippen molar-refractivity contribution in [3.8, 4) is 0 Å². The molecule has 0 saturated heterocycles. The van der Waals surface area contributed by atoms with Gasteiger partial charge in [0.1, 0.15) is 16.9 Å². The van der Waals surface area contributed by atoms with Crippen LogP contribution in [0.25, 0.3) is 11.0 Å². The molecule has 1 aromatic heterocycles. The molecular weight excluding hydrogens is 468 g/mol. The number of carboxylic acids is 1. The first-order chi connectivity index (χ1) is 11.6. The largest absolute Gasteiger partial charge is 0.481 e. The summed E-state index contributed by atoms with van der Waals surface area (Å²) < 4.78 is 26.8. The Morgan fingerprint density at radius 3 is 2.16 bits per heavy atom. The summed E-state index contributed by atoms with van der Waals surface area (Å²) in [4.78, 5) is 9.00. The molecule has 0 amide bonds. The van der Waals surface area contributed by atoms with Crippen LogP contribution in [-0.2, 0) is 4.79 Å². The van der Waals surface area contributed by atoms with Crippen LogP contribution >= 0.6 is 31.9 Å². The van der Waals surface area contributed by atoms with E-state index in [0.717, 1.165) is 6.92 Å². The highest BCUT2D eigenvalue weighted by molar-refractivity contribution is 9.10. The zero-order valence-corrected chi connectivity index (χ0v) is 15.9. The second kappa shape index (κ2) is 9.28. The lowest BCUT2D eigenvalue weighted by Gasteiger charge is -2.00. The van der Waals surface area contributed by atoms with Gasteiger partial charge < -0.3 is 16.6 Å². The monoisotopic (exact) mass is 479 g/mol. The number of H-pyrrole nitrogens is 1. The molecule has 6 N–H and O–H groups in total. The van der Waals surface area contributed by atoms with E-state index in [1.807, 2.05) is 0 Å². The summed E-state index contributed by atoms with van der Waals surface area (Å²) in [6.45, 7) is 1.08. The van der Waals surface area contributed by atoms with Crippen LogP contribution in [0.2, 0.25) is 0 Å². The Bertz CT molecular complexity index is 862. The number of nitrogens with zero attached hydrogens (tertiary/aromatic N) is 2. The maximum absolute atomic E-state index is 12.9. The van der Waals surface area contributed by atoms with E-state index in [0.29, 0.717) is 14.5 Å². The van der Waals surface area contributed by atoms with E-state index in [1.54, 1.807) is 12.1 Å². The van der Waals surface area contributed by atoms with Gasteiger partial charge in [0.2, 0.25) is 0 Å². The van der Waals surface area contributed by atoms with Crippen molar-refractivity contribution in [2.24, 2.45) is 0 Å². The van der Waals surface area contributed by atoms with Crippen molar-refractivity contribution in [2.45, 2.75) is 6.92 Å². The standard InChI is InChI=1S/C6H3BrFN3.C6H6BrFN2.C2H4O2/c7-3-1-4(8)6-5(2-3)9-11-10-6;7-3-1-4(8)6(10)5(9)2-3;1-2(3)4/h1-2H,(H,9,10,11);1-2H,9-10H2;1H3,(H,3,4). The minimum atomic E-state index is -0.833. The Balaban J connectivity index is 0.000000208. The van der Waals surface area contributed by atoms with Gasteiger partial charge in [-0.3, -0.25) is 4.79 Å². The van der Waals surface area contributed by atoms with Crippen molar-refractivity contribution in [3.63, 3.8) is 0 Å². The van der Waals surface area contributed by atoms with Crippen molar-refractivity contribution in [2.75, 3.05) is 11.5 Å². The Morgan fingerprint density at radius 1 is 1.08 bits per heavy atom. The van der Waals surface area contributed by atoms with Crippen molar-refractivity contribution in [1.82, 2.24) is 15.4 Å². The van der Waals surface area contributed by atoms with Crippen LogP contribution < -0.4 is 11.5 Å². The predicted molar refractivity (Wildman–Crippen MR) is 97.8 cm³/mol. The number of aromatic nitrogens is 3. The minimum absolute atomic E-state index is 0.00296. The van der Waals surface area contributed by atoms with Gasteiger partial charge in [-0.05, 0) is 24.3 Å². The van der Waals surface area contributed by atoms with Crippen LogP contribution in [0.3, 0.4) is 0 Å². The molecule has 0 spiro atoms. The average molecular weight is 481 g/mol. The number of benzene rings is 2. The lowest BCUT2D eigenvalue weighted by Crippen LogP contribution is -1.97. The van der Waals surface area contributed by atoms with Gasteiger partial charge in [-0.1, -0.05) is 31.9 Å². The number of hydrogen-bond donors (Lipinski definition) is 4. The molecule has 3 rings (SSSR count). The predicted octanol–water partition coefficient (Wildman–Crippen LogP) is 3.70. The molecule has 1 heterocycles. The Morgan fingerprint density at radius 2 is 1.60 bits per heavy atom. The van der Waals surface area contributed by atoms with Crippen LogP contribution in [0.5, 0.6) is 0 Å². The molecule has 0 saturated carbocycles. The summed E-state index contributed by atoms with van der Waals surface area (Å²) in [5.41, 5.74) is 11.6. The molecular formula is C14H13Br2F2N5O2. The molecule has 2 aromatic carbocycles. The number of carboxylic acid groups (broad SMARTS) is 1. The van der Waals surface area contributed by atoms with E-state index in [2.05, 4.69) is 47.3 Å². The van der Waals surface area contributed by atoms with Gasteiger partial charge >= 0.3 is 0 Å². The maximum Gasteiger partial charge on any atom is 0.300 e. The molecule has 0 bridgehead atoms. The summed E-state index contributed by atoms with van der Waals surface area (Å²) >= 11 is 6.22. The second-order valence-corrected chi connectivity index (χ2v) is 6.32. The van der Waals surface area contributed by atoms with Crippen LogP contribution in [0.15, 0.2) is 33.2 Å². The van der Waals surface area contributed by atoms with Crippen LogP contribution in [-0.4, -0.2) is 26.5 Å². The summed E-state index contributed by atoms with van der Waals surface area (Å²) in [6.07, 6.45) is 0. The van der Waals surface area contributed by atoms with Crippen molar-refractivity contribution >= 4 is 60.2 Å². The van der Waals surface area contributed by atoms with Gasteiger partial charge in [-0.2, -0.15) is 15.4 Å². The topological polar surface area (TPSA) is 131 Å². The Labute approximate surface area is 157 Å². The fourth-order valence-electron chi connectivity index (χ4n) is 1.48. The van der Waals surface area contributed by atoms with Gasteiger partial charge in [0.15, 0.2) is 5.82 Å². The average Bonchev–Trinajstić information content (AvgIpc) is 2.93. The normalized spacial score (nSPS) is 9.64. The third-order valence-corrected chi connectivity index (χ3v) is 3.38. The van der Waals surface area contributed by atoms with Crippen molar-refractivity contribution < 1.29 is 18.7 Å². The highest BCUT2D eigenvalue weighted by atomic mass is 79.9. The van der Waals surface area contributed by atoms with E-state index in [1.165, 1.54) is 12.1 Å². The summed E-state index contributed by atoms with van der Waals surface area (Å²) in [5, 5.41) is 17.1. The van der Waals surface area contributed by atoms with Gasteiger partial charge in [-0.25, -0.2) is 8.78 Å². The zero-order valence-electron chi connectivity index (χ0n) is 12.7. The van der Waals surface area contributed by atoms with E-state index in [-0.39, 0.29) is 22.7 Å². The first-order valence-corrected chi connectivity index (χ1v) is 8.05. The number of nitrogens with two attached hydrogens (primary N) is 2. The first kappa shape index (κ1) is 20.8. The second-order valence-electron chi connectivity index (χ2n) is 4.49. The Hall–Kier alpha value is -2.27. The number of anilines is 2. The molecule has 7 nitrogen and oxygen atoms in total. The van der Waals surface area contributed by atoms with Gasteiger partial charge in [0.05, 0.1) is 11.4 Å². The van der Waals surface area contributed by atoms with Crippen molar-refractivity contribution in [3.05, 3.63) is 44.8 Å². The number of hydrogen-bond acceptors (Lipinski definition) is 5. The summed E-state index contributed by atoms with van der Waals surface area (Å²) in [7, 11) is 0. The highest BCUT2D eigenvalue weighted by Crippen LogP contribution is 2.23. The number of nitrogens with one attached hydrogen (secondary N) is 1. The fourth-order valence-corrected chi connectivity index (χ4v) is 2.35. The van der Waals surface area contributed by atoms with E-state index in [4.69, 9.17) is 21.4 Å². The fraction of sp³-hybridized carbons (Fsp3) is 0.0714. The maximum atomic E-state index is 12.9. The van der Waals surface area contributed by atoms with Crippen LogP contribution in [0, 0.1) is 11.6 Å². The molecule has 0 atom stereocenters. The minimum Gasteiger partial charge on any atom is -0.481 e. The molecule has 0 aliphatic rings. The molecule has 11 heteroatoms. The van der Waals surface area contributed by atoms with Crippen LogP contribution in [0.1, 0.15) is 6.92 Å². The van der Waals surface area contributed by atoms with Crippen molar-refractivity contribution in [1.29, 1.82) is 0 Å². The summed E-state index contributed by atoms with van der Waals surface area (Å²) in [5.74, 6) is -1.70. The SMILES string of the molecule is CC(=O)O.Fc1cc(Br)cc2n[nH]nc12.Nc1cc(Br)cc(F)c1N. The van der Waals surface area contributed by atoms with Crippen LogP contribution in [0.4, 0.5) is 20.2 Å². The molecule has 0 unspecified atom stereocenters. The third kappa shape index (κ3) is 6.63. The molecule has 3 aromatic rings. The van der Waals surface area contributed by atoms with Gasteiger partial charge in [-0.15, -0.1) is 0 Å². The summed E-state index contributed by atoms with van der Waals surface area (Å²) in [6, 6.07) is 5.87. The van der Waals surface area contributed by atoms with E-state index in [9.17, 15) is 8.78 Å². The molecule has 0 radical (unpaired) electrons. The number of halogens is 4. The number of carbonyl (C=O) groups is 1. The quantitative estimate of drug-likeness (QED) is 0.363. The molecule has 0 aliphatic carbocycles. The lowest BCUT2D eigenvalue weighted by molar-refractivity contribution is -0.134. The lowest BCUT2D eigenvalue weighted by atomic mass is 10.3. The van der Waals surface area contributed by atoms with Gasteiger partial charge in [0.25, 0.3) is 5.97 Å². The Kier molecular flexibility index (Phi) is 7.71. The highest BCUT2D eigenvalue weighted by Gasteiger charge is 2.05. The molecule has 25 heavy (non-hydrogen) atoms. The number of aromatic amines is 1. The smallest absolute Gasteiger partial charge is 0.300 e. The molecule has 0 fully saturated rings. The number of fused-ring (bicyclic) bond motifs is 1. The number of nitrogen functional groups attached to an aromatic ring is 2. The molecule has 134 valence electrons. The third-order valence-electron chi connectivity index (χ3n) is 2.47. The number of aliphatic carboxylic acids is 1. The number of rotatable bonds is 0. The molecule has 0 aliphatic heterocycles. The zero-order chi connectivity index (χ0) is 19.1. The van der Waals surface area contributed by atoms with E-state index < -0.39 is 11.8 Å². The first-order valence-electron chi connectivity index (χ1n) is 6.46.